The van der Waals surface area contributed by atoms with Crippen molar-refractivity contribution in [1.29, 1.82) is 0 Å². The van der Waals surface area contributed by atoms with Gasteiger partial charge >= 0.3 is 0 Å². The van der Waals surface area contributed by atoms with Crippen LogP contribution in [-0.4, -0.2) is 36.0 Å². The van der Waals surface area contributed by atoms with E-state index in [0.29, 0.717) is 6.54 Å². The molecule has 2 aromatic carbocycles. The summed E-state index contributed by atoms with van der Waals surface area (Å²) < 4.78 is 4.03. The Bertz CT molecular complexity index is 1200. The fourth-order valence-electron chi connectivity index (χ4n) is 3.41. The molecule has 164 valence electrons. The Hall–Kier alpha value is -3.39. The number of amides is 1. The molecule has 0 spiro atoms. The summed E-state index contributed by atoms with van der Waals surface area (Å²) in [6.45, 7) is 7.33. The van der Waals surface area contributed by atoms with Crippen molar-refractivity contribution in [2.45, 2.75) is 39.0 Å². The van der Waals surface area contributed by atoms with Gasteiger partial charge in [-0.15, -0.1) is 10.2 Å². The summed E-state index contributed by atoms with van der Waals surface area (Å²) in [4.78, 5) is 16.5. The number of hydrogen-bond acceptors (Lipinski definition) is 5. The summed E-state index contributed by atoms with van der Waals surface area (Å²) in [7, 11) is 0. The summed E-state index contributed by atoms with van der Waals surface area (Å²) in [6.07, 6.45) is 5.51. The smallest absolute Gasteiger partial charge is 0.230 e. The minimum atomic E-state index is -0.0364. The molecule has 4 aromatic rings. The molecule has 0 aliphatic carbocycles. The van der Waals surface area contributed by atoms with Gasteiger partial charge in [0, 0.05) is 25.5 Å². The van der Waals surface area contributed by atoms with Gasteiger partial charge in [-0.05, 0) is 49.1 Å². The quantitative estimate of drug-likeness (QED) is 0.416. The highest BCUT2D eigenvalue weighted by atomic mass is 32.2. The summed E-state index contributed by atoms with van der Waals surface area (Å²) in [5, 5.41) is 12.2. The maximum absolute atomic E-state index is 12.4. The first-order valence-corrected chi connectivity index (χ1v) is 11.4. The van der Waals surface area contributed by atoms with E-state index in [1.807, 2.05) is 34.4 Å². The van der Waals surface area contributed by atoms with Crippen molar-refractivity contribution in [2.75, 3.05) is 5.75 Å². The Morgan fingerprint density at radius 3 is 2.56 bits per heavy atom. The molecule has 0 fully saturated rings. The summed E-state index contributed by atoms with van der Waals surface area (Å²) in [5.41, 5.74) is 5.61. The van der Waals surface area contributed by atoms with E-state index in [-0.39, 0.29) is 11.7 Å². The first-order valence-electron chi connectivity index (χ1n) is 10.4. The number of thioether (sulfide) groups is 1. The third-order valence-electron chi connectivity index (χ3n) is 5.17. The van der Waals surface area contributed by atoms with Crippen molar-refractivity contribution in [2.24, 2.45) is 0 Å². The van der Waals surface area contributed by atoms with Crippen LogP contribution in [0.2, 0.25) is 0 Å². The van der Waals surface area contributed by atoms with Gasteiger partial charge in [-0.25, -0.2) is 4.98 Å². The highest BCUT2D eigenvalue weighted by Crippen LogP contribution is 2.24. The number of imidazole rings is 1. The topological polar surface area (TPSA) is 77.6 Å². The van der Waals surface area contributed by atoms with Crippen LogP contribution >= 0.6 is 11.8 Å². The molecule has 8 heteroatoms. The van der Waals surface area contributed by atoms with Crippen LogP contribution in [0.5, 0.6) is 0 Å². The first-order chi connectivity index (χ1) is 15.5. The van der Waals surface area contributed by atoms with E-state index in [9.17, 15) is 4.79 Å². The van der Waals surface area contributed by atoms with Crippen LogP contribution in [0.25, 0.3) is 5.69 Å². The average Bonchev–Trinajstić information content (AvgIpc) is 3.43. The molecule has 32 heavy (non-hydrogen) atoms. The molecular weight excluding hydrogens is 420 g/mol. The number of carbonyl (C=O) groups excluding carboxylic acids is 1. The number of rotatable bonds is 8. The van der Waals surface area contributed by atoms with E-state index >= 15 is 0 Å². The number of nitrogens with zero attached hydrogens (tertiary/aromatic N) is 5. The Morgan fingerprint density at radius 1 is 1.03 bits per heavy atom. The molecule has 7 nitrogen and oxygen atoms in total. The molecule has 0 aliphatic rings. The molecule has 0 atom stereocenters. The number of aryl methyl sites for hydroxylation is 3. The lowest BCUT2D eigenvalue weighted by molar-refractivity contribution is -0.118. The fraction of sp³-hybridized carbons (Fsp3) is 0.250. The molecule has 0 saturated carbocycles. The van der Waals surface area contributed by atoms with Crippen LogP contribution in [0.15, 0.2) is 66.3 Å². The lowest BCUT2D eigenvalue weighted by Gasteiger charge is -2.12. The van der Waals surface area contributed by atoms with Crippen LogP contribution in [-0.2, 0) is 17.9 Å². The Balaban J connectivity index is 1.32. The molecule has 2 heterocycles. The van der Waals surface area contributed by atoms with Gasteiger partial charge in [0.15, 0.2) is 5.16 Å². The van der Waals surface area contributed by atoms with E-state index in [0.717, 1.165) is 34.3 Å². The highest BCUT2D eigenvalue weighted by Gasteiger charge is 2.15. The van der Waals surface area contributed by atoms with Crippen molar-refractivity contribution >= 4 is 17.7 Å². The second-order valence-corrected chi connectivity index (χ2v) is 8.71. The lowest BCUT2D eigenvalue weighted by Crippen LogP contribution is -2.24. The Morgan fingerprint density at radius 2 is 1.81 bits per heavy atom. The molecule has 0 aliphatic heterocycles. The van der Waals surface area contributed by atoms with Gasteiger partial charge in [0.2, 0.25) is 5.91 Å². The second-order valence-electron chi connectivity index (χ2n) is 7.77. The molecule has 1 amide bonds. The molecule has 0 unspecified atom stereocenters. The largest absolute Gasteiger partial charge is 0.351 e. The molecule has 0 saturated heterocycles. The van der Waals surface area contributed by atoms with Gasteiger partial charge in [0.1, 0.15) is 5.82 Å². The number of benzene rings is 2. The monoisotopic (exact) mass is 446 g/mol. The van der Waals surface area contributed by atoms with Crippen LogP contribution in [0, 0.1) is 20.8 Å². The third-order valence-corrected chi connectivity index (χ3v) is 6.10. The first kappa shape index (κ1) is 21.8. The summed E-state index contributed by atoms with van der Waals surface area (Å²) in [5.74, 6) is 1.05. The molecule has 1 N–H and O–H groups in total. The van der Waals surface area contributed by atoms with Crippen molar-refractivity contribution in [3.8, 4) is 5.69 Å². The predicted molar refractivity (Wildman–Crippen MR) is 126 cm³/mol. The van der Waals surface area contributed by atoms with Crippen molar-refractivity contribution in [3.63, 3.8) is 0 Å². The van der Waals surface area contributed by atoms with Crippen LogP contribution in [0.1, 0.15) is 28.1 Å². The second kappa shape index (κ2) is 9.82. The maximum Gasteiger partial charge on any atom is 0.230 e. The van der Waals surface area contributed by atoms with Crippen LogP contribution in [0.3, 0.4) is 0 Å². The zero-order valence-electron chi connectivity index (χ0n) is 18.4. The van der Waals surface area contributed by atoms with E-state index < -0.39 is 0 Å². The van der Waals surface area contributed by atoms with E-state index in [1.165, 1.54) is 22.9 Å². The number of nitrogens with one attached hydrogen (secondary N) is 1. The van der Waals surface area contributed by atoms with E-state index in [4.69, 9.17) is 0 Å². The van der Waals surface area contributed by atoms with Crippen molar-refractivity contribution in [1.82, 2.24) is 29.6 Å². The van der Waals surface area contributed by atoms with Gasteiger partial charge in [0.05, 0.1) is 17.8 Å². The molecular formula is C24H26N6OS. The summed E-state index contributed by atoms with van der Waals surface area (Å²) >= 11 is 1.39. The number of aromatic nitrogens is 5. The lowest BCUT2D eigenvalue weighted by atomic mass is 10.1. The van der Waals surface area contributed by atoms with Crippen molar-refractivity contribution in [3.05, 3.63) is 89.3 Å². The number of carbonyl (C=O) groups is 1. The number of hydrogen-bond donors (Lipinski definition) is 1. The molecule has 2 aromatic heterocycles. The Labute approximate surface area is 191 Å². The summed E-state index contributed by atoms with van der Waals surface area (Å²) in [6, 6.07) is 14.5. The van der Waals surface area contributed by atoms with Gasteiger partial charge in [0.25, 0.3) is 0 Å². The minimum Gasteiger partial charge on any atom is -0.351 e. The molecule has 4 rings (SSSR count). The SMILES string of the molecule is Cc1ccc(C)c(-n2c(C)nnc2SCC(=O)NCc2ccc(Cn3ccnc3)cc2)c1. The van der Waals surface area contributed by atoms with Crippen LogP contribution < -0.4 is 5.32 Å². The van der Waals surface area contributed by atoms with Gasteiger partial charge < -0.3 is 9.88 Å². The van der Waals surface area contributed by atoms with Crippen molar-refractivity contribution < 1.29 is 4.79 Å². The standard InChI is InChI=1S/C24H26N6OS/c1-17-4-5-18(2)22(12-17)30-19(3)27-28-24(30)32-15-23(31)26-13-20-6-8-21(9-7-20)14-29-11-10-25-16-29/h4-12,16H,13-15H2,1-3H3,(H,26,31). The highest BCUT2D eigenvalue weighted by molar-refractivity contribution is 7.99. The molecule has 0 radical (unpaired) electrons. The van der Waals surface area contributed by atoms with Gasteiger partial charge in [-0.1, -0.05) is 48.2 Å². The van der Waals surface area contributed by atoms with E-state index in [1.54, 1.807) is 12.5 Å². The third kappa shape index (κ3) is 5.26. The average molecular weight is 447 g/mol. The van der Waals surface area contributed by atoms with Gasteiger partial charge in [-0.3, -0.25) is 9.36 Å². The maximum atomic E-state index is 12.4. The zero-order valence-corrected chi connectivity index (χ0v) is 19.3. The predicted octanol–water partition coefficient (Wildman–Crippen LogP) is 3.85. The Kier molecular flexibility index (Phi) is 6.70. The zero-order chi connectivity index (χ0) is 22.5. The minimum absolute atomic E-state index is 0.0364. The van der Waals surface area contributed by atoms with E-state index in [2.05, 4.69) is 64.7 Å². The van der Waals surface area contributed by atoms with Crippen LogP contribution in [0.4, 0.5) is 0 Å². The fourth-order valence-corrected chi connectivity index (χ4v) is 4.23. The normalized spacial score (nSPS) is 11.0. The van der Waals surface area contributed by atoms with Gasteiger partial charge in [-0.2, -0.15) is 0 Å². The molecule has 0 bridgehead atoms.